The Morgan fingerprint density at radius 2 is 2.18 bits per heavy atom. The Morgan fingerprint density at radius 1 is 1.45 bits per heavy atom. The molecule has 2 amide bonds. The van der Waals surface area contributed by atoms with E-state index in [1.54, 1.807) is 6.92 Å². The Hall–Kier alpha value is -1.27. The zero-order valence-electron chi connectivity index (χ0n) is 12.7. The largest absolute Gasteiger partial charge is 0.336 e. The Kier molecular flexibility index (Phi) is 5.34. The zero-order valence-corrected chi connectivity index (χ0v) is 14.2. The summed E-state index contributed by atoms with van der Waals surface area (Å²) in [6, 6.07) is 7.33. The van der Waals surface area contributed by atoms with Crippen LogP contribution >= 0.6 is 11.6 Å². The minimum Gasteiger partial charge on any atom is -0.336 e. The van der Waals surface area contributed by atoms with Crippen LogP contribution in [0.3, 0.4) is 0 Å². The summed E-state index contributed by atoms with van der Waals surface area (Å²) in [4.78, 5) is 11.9. The van der Waals surface area contributed by atoms with Crippen molar-refractivity contribution in [1.82, 2.24) is 10.6 Å². The number of urea groups is 1. The van der Waals surface area contributed by atoms with E-state index in [-0.39, 0.29) is 23.9 Å². The van der Waals surface area contributed by atoms with Gasteiger partial charge < -0.3 is 10.6 Å². The topological polar surface area (TPSA) is 75.3 Å². The smallest absolute Gasteiger partial charge is 0.315 e. The van der Waals surface area contributed by atoms with Crippen LogP contribution in [0.4, 0.5) is 4.79 Å². The lowest BCUT2D eigenvalue weighted by Gasteiger charge is -2.14. The van der Waals surface area contributed by atoms with Gasteiger partial charge in [0.2, 0.25) is 0 Å². The van der Waals surface area contributed by atoms with Gasteiger partial charge in [0.25, 0.3) is 0 Å². The second-order valence-corrected chi connectivity index (χ2v) is 8.64. The molecular weight excluding hydrogens is 324 g/mol. The third-order valence-electron chi connectivity index (χ3n) is 3.68. The summed E-state index contributed by atoms with van der Waals surface area (Å²) >= 11 is 5.96. The number of rotatable bonds is 6. The lowest BCUT2D eigenvalue weighted by atomic mass is 10.1. The van der Waals surface area contributed by atoms with Gasteiger partial charge >= 0.3 is 6.03 Å². The van der Waals surface area contributed by atoms with Crippen molar-refractivity contribution < 1.29 is 13.2 Å². The molecule has 1 aromatic rings. The molecule has 0 saturated heterocycles. The number of nitrogens with one attached hydrogen (secondary N) is 2. The summed E-state index contributed by atoms with van der Waals surface area (Å²) < 4.78 is 22.2. The van der Waals surface area contributed by atoms with Crippen molar-refractivity contribution in [2.75, 3.05) is 12.0 Å². The highest BCUT2D eigenvalue weighted by Gasteiger charge is 2.39. The van der Waals surface area contributed by atoms with Crippen LogP contribution in [0.1, 0.15) is 31.2 Å². The molecule has 0 aliphatic heterocycles. The molecule has 0 unspecified atom stereocenters. The molecule has 0 bridgehead atoms. The number of hydrogen-bond donors (Lipinski definition) is 2. The molecule has 2 rings (SSSR count). The Labute approximate surface area is 136 Å². The fourth-order valence-corrected chi connectivity index (χ4v) is 3.34. The van der Waals surface area contributed by atoms with Crippen LogP contribution in [0.25, 0.3) is 0 Å². The molecule has 0 aromatic heterocycles. The van der Waals surface area contributed by atoms with Crippen LogP contribution in [0.2, 0.25) is 5.02 Å². The van der Waals surface area contributed by atoms with Crippen LogP contribution in [0, 0.1) is 0 Å². The Morgan fingerprint density at radius 3 is 2.82 bits per heavy atom. The minimum atomic E-state index is -3.00. The van der Waals surface area contributed by atoms with Gasteiger partial charge in [-0.25, -0.2) is 13.2 Å². The first kappa shape index (κ1) is 17.1. The summed E-state index contributed by atoms with van der Waals surface area (Å²) in [6.45, 7) is 1.80. The van der Waals surface area contributed by atoms with Gasteiger partial charge in [-0.3, -0.25) is 0 Å². The highest BCUT2D eigenvalue weighted by atomic mass is 35.5. The second-order valence-electron chi connectivity index (χ2n) is 5.94. The minimum absolute atomic E-state index is 0.0724. The monoisotopic (exact) mass is 344 g/mol. The molecule has 122 valence electrons. The average molecular weight is 345 g/mol. The Balaban J connectivity index is 1.75. The molecule has 0 spiro atoms. The highest BCUT2D eigenvalue weighted by molar-refractivity contribution is 7.90. The third-order valence-corrected chi connectivity index (χ3v) is 4.90. The molecule has 0 heterocycles. The van der Waals surface area contributed by atoms with Gasteiger partial charge in [0, 0.05) is 29.3 Å². The number of carbonyl (C=O) groups excluding carboxylic acids is 1. The van der Waals surface area contributed by atoms with Crippen LogP contribution < -0.4 is 10.6 Å². The van der Waals surface area contributed by atoms with E-state index in [9.17, 15) is 13.2 Å². The maximum absolute atomic E-state index is 11.9. The summed E-state index contributed by atoms with van der Waals surface area (Å²) in [6.07, 6.45) is 2.50. The average Bonchev–Trinajstić information content (AvgIpc) is 3.14. The fourth-order valence-electron chi connectivity index (χ4n) is 2.36. The number of sulfone groups is 1. The predicted octanol–water partition coefficient (Wildman–Crippen LogP) is 2.32. The first-order chi connectivity index (χ1) is 10.2. The maximum Gasteiger partial charge on any atom is 0.315 e. The van der Waals surface area contributed by atoms with Gasteiger partial charge in [0.15, 0.2) is 0 Å². The van der Waals surface area contributed by atoms with Gasteiger partial charge in [-0.15, -0.1) is 0 Å². The fraction of sp³-hybridized carbons (Fsp3) is 0.533. The van der Waals surface area contributed by atoms with E-state index in [0.29, 0.717) is 17.4 Å². The number of benzene rings is 1. The molecular formula is C15H21ClN2O3S. The van der Waals surface area contributed by atoms with Crippen molar-refractivity contribution >= 4 is 27.5 Å². The second kappa shape index (κ2) is 6.87. The summed E-state index contributed by atoms with van der Waals surface area (Å²) in [5.41, 5.74) is 1.13. The highest BCUT2D eigenvalue weighted by Crippen LogP contribution is 2.41. The van der Waals surface area contributed by atoms with Crippen molar-refractivity contribution in [2.24, 2.45) is 0 Å². The molecule has 0 radical (unpaired) electrons. The SMILES string of the molecule is C[C@H](CCS(C)(=O)=O)NC(=O)N[C@@H]1C[C@H]1c1cccc(Cl)c1. The normalized spacial score (nSPS) is 22.0. The summed E-state index contributed by atoms with van der Waals surface area (Å²) in [7, 11) is -3.00. The molecule has 1 saturated carbocycles. The molecule has 2 N–H and O–H groups in total. The first-order valence-electron chi connectivity index (χ1n) is 7.25. The molecule has 1 aromatic carbocycles. The van der Waals surface area contributed by atoms with Crippen molar-refractivity contribution in [3.63, 3.8) is 0 Å². The standard InChI is InChI=1S/C15H21ClN2O3S/c1-10(6-7-22(2,20)21)17-15(19)18-14-9-13(14)11-4-3-5-12(16)8-11/h3-5,8,10,13-14H,6-7,9H2,1-2H3,(H2,17,18,19)/t10-,13+,14-/m1/s1. The van der Waals surface area contributed by atoms with Crippen LogP contribution in [-0.4, -0.2) is 38.5 Å². The lowest BCUT2D eigenvalue weighted by Crippen LogP contribution is -2.42. The molecule has 7 heteroatoms. The van der Waals surface area contributed by atoms with Crippen molar-refractivity contribution in [2.45, 2.75) is 37.8 Å². The van der Waals surface area contributed by atoms with Crippen molar-refractivity contribution in [3.8, 4) is 0 Å². The van der Waals surface area contributed by atoms with Crippen molar-refractivity contribution in [1.29, 1.82) is 0 Å². The number of halogens is 1. The van der Waals surface area contributed by atoms with Gasteiger partial charge in [-0.1, -0.05) is 23.7 Å². The van der Waals surface area contributed by atoms with E-state index in [4.69, 9.17) is 11.6 Å². The van der Waals surface area contributed by atoms with E-state index in [2.05, 4.69) is 10.6 Å². The van der Waals surface area contributed by atoms with E-state index < -0.39 is 9.84 Å². The number of carbonyl (C=O) groups is 1. The van der Waals surface area contributed by atoms with Gasteiger partial charge in [0.1, 0.15) is 9.84 Å². The maximum atomic E-state index is 11.9. The molecule has 1 aliphatic carbocycles. The van der Waals surface area contributed by atoms with Gasteiger partial charge in [-0.05, 0) is 37.5 Å². The molecule has 1 aliphatic rings. The van der Waals surface area contributed by atoms with Gasteiger partial charge in [0.05, 0.1) is 5.75 Å². The van der Waals surface area contributed by atoms with E-state index in [0.717, 1.165) is 12.0 Å². The van der Waals surface area contributed by atoms with Crippen molar-refractivity contribution in [3.05, 3.63) is 34.9 Å². The van der Waals surface area contributed by atoms with Crippen LogP contribution in [0.15, 0.2) is 24.3 Å². The number of hydrogen-bond acceptors (Lipinski definition) is 3. The molecule has 3 atom stereocenters. The molecule has 5 nitrogen and oxygen atoms in total. The van der Waals surface area contributed by atoms with Gasteiger partial charge in [-0.2, -0.15) is 0 Å². The molecule has 1 fully saturated rings. The summed E-state index contributed by atoms with van der Waals surface area (Å²) in [5.74, 6) is 0.374. The first-order valence-corrected chi connectivity index (χ1v) is 9.68. The zero-order chi connectivity index (χ0) is 16.3. The number of amides is 2. The third kappa shape index (κ3) is 5.50. The lowest BCUT2D eigenvalue weighted by molar-refractivity contribution is 0.237. The van der Waals surface area contributed by atoms with Crippen LogP contribution in [-0.2, 0) is 9.84 Å². The van der Waals surface area contributed by atoms with E-state index in [1.165, 1.54) is 6.26 Å². The quantitative estimate of drug-likeness (QED) is 0.831. The van der Waals surface area contributed by atoms with E-state index in [1.807, 2.05) is 24.3 Å². The van der Waals surface area contributed by atoms with E-state index >= 15 is 0 Å². The summed E-state index contributed by atoms with van der Waals surface area (Å²) in [5, 5.41) is 6.37. The Bertz CT molecular complexity index is 648. The molecule has 22 heavy (non-hydrogen) atoms. The predicted molar refractivity (Wildman–Crippen MR) is 88.1 cm³/mol. The van der Waals surface area contributed by atoms with Crippen LogP contribution in [0.5, 0.6) is 0 Å².